The Kier molecular flexibility index (Phi) is 2.46. The molecule has 0 spiro atoms. The van der Waals surface area contributed by atoms with Crippen molar-refractivity contribution in [2.24, 2.45) is 0 Å². The van der Waals surface area contributed by atoms with Crippen LogP contribution in [0.4, 0.5) is 4.39 Å². The highest BCUT2D eigenvalue weighted by Crippen LogP contribution is 2.24. The SMILES string of the molecule is CC(C)(C)c1nnc(-c2ccc(F)nc2)o1. The van der Waals surface area contributed by atoms with E-state index >= 15 is 0 Å². The highest BCUT2D eigenvalue weighted by Gasteiger charge is 2.21. The van der Waals surface area contributed by atoms with E-state index in [0.29, 0.717) is 17.3 Å². The third-order valence-corrected chi connectivity index (χ3v) is 2.04. The van der Waals surface area contributed by atoms with Gasteiger partial charge in [-0.2, -0.15) is 4.39 Å². The number of hydrogen-bond donors (Lipinski definition) is 0. The first kappa shape index (κ1) is 10.7. The Balaban J connectivity index is 2.35. The maximum absolute atomic E-state index is 12.6. The zero-order chi connectivity index (χ0) is 11.8. The van der Waals surface area contributed by atoms with E-state index in [1.165, 1.54) is 12.3 Å². The van der Waals surface area contributed by atoms with Crippen molar-refractivity contribution < 1.29 is 8.81 Å². The van der Waals surface area contributed by atoms with Gasteiger partial charge in [0.15, 0.2) is 0 Å². The second kappa shape index (κ2) is 3.66. The molecular weight excluding hydrogens is 209 g/mol. The summed E-state index contributed by atoms with van der Waals surface area (Å²) in [7, 11) is 0. The predicted octanol–water partition coefficient (Wildman–Crippen LogP) is 2.57. The standard InChI is InChI=1S/C11H12FN3O/c1-11(2,3)10-15-14-9(16-10)7-4-5-8(12)13-6-7/h4-6H,1-3H3. The van der Waals surface area contributed by atoms with E-state index in [1.54, 1.807) is 6.07 Å². The maximum atomic E-state index is 12.6. The highest BCUT2D eigenvalue weighted by atomic mass is 19.1. The molecule has 0 aromatic carbocycles. The second-order valence-corrected chi connectivity index (χ2v) is 4.53. The summed E-state index contributed by atoms with van der Waals surface area (Å²) >= 11 is 0. The Morgan fingerprint density at radius 1 is 1.19 bits per heavy atom. The third kappa shape index (κ3) is 2.08. The number of hydrogen-bond acceptors (Lipinski definition) is 4. The van der Waals surface area contributed by atoms with Crippen molar-refractivity contribution in [2.75, 3.05) is 0 Å². The lowest BCUT2D eigenvalue weighted by atomic mass is 9.97. The van der Waals surface area contributed by atoms with E-state index < -0.39 is 5.95 Å². The number of halogens is 1. The van der Waals surface area contributed by atoms with Crippen LogP contribution in [0, 0.1) is 5.95 Å². The molecule has 0 atom stereocenters. The lowest BCUT2D eigenvalue weighted by Crippen LogP contribution is -2.11. The van der Waals surface area contributed by atoms with E-state index in [2.05, 4.69) is 15.2 Å². The summed E-state index contributed by atoms with van der Waals surface area (Å²) < 4.78 is 18.1. The van der Waals surface area contributed by atoms with Gasteiger partial charge in [-0.1, -0.05) is 20.8 Å². The van der Waals surface area contributed by atoms with Crippen LogP contribution in [-0.2, 0) is 5.41 Å². The van der Waals surface area contributed by atoms with Crippen molar-refractivity contribution in [3.8, 4) is 11.5 Å². The summed E-state index contributed by atoms with van der Waals surface area (Å²) in [4.78, 5) is 3.53. The molecule has 0 N–H and O–H groups in total. The van der Waals surface area contributed by atoms with Crippen molar-refractivity contribution in [3.63, 3.8) is 0 Å². The maximum Gasteiger partial charge on any atom is 0.249 e. The molecule has 4 nitrogen and oxygen atoms in total. The molecule has 0 radical (unpaired) electrons. The van der Waals surface area contributed by atoms with E-state index in [0.717, 1.165) is 0 Å². The monoisotopic (exact) mass is 221 g/mol. The number of nitrogens with zero attached hydrogens (tertiary/aromatic N) is 3. The van der Waals surface area contributed by atoms with Gasteiger partial charge in [0.2, 0.25) is 17.7 Å². The minimum Gasteiger partial charge on any atom is -0.420 e. The van der Waals surface area contributed by atoms with Gasteiger partial charge in [0.05, 0.1) is 5.56 Å². The van der Waals surface area contributed by atoms with Crippen LogP contribution in [0.25, 0.3) is 11.5 Å². The van der Waals surface area contributed by atoms with Gasteiger partial charge < -0.3 is 4.42 Å². The minimum atomic E-state index is -0.528. The second-order valence-electron chi connectivity index (χ2n) is 4.53. The summed E-state index contributed by atoms with van der Waals surface area (Å²) in [6.45, 7) is 5.94. The van der Waals surface area contributed by atoms with Crippen LogP contribution < -0.4 is 0 Å². The first-order valence-electron chi connectivity index (χ1n) is 4.93. The molecular formula is C11H12FN3O. The molecule has 0 saturated heterocycles. The Hall–Kier alpha value is -1.78. The molecule has 5 heteroatoms. The molecule has 0 unspecified atom stereocenters. The van der Waals surface area contributed by atoms with Gasteiger partial charge in [0, 0.05) is 11.6 Å². The molecule has 2 heterocycles. The number of pyridine rings is 1. The molecule has 0 aliphatic rings. The average molecular weight is 221 g/mol. The molecule has 16 heavy (non-hydrogen) atoms. The molecule has 2 aromatic heterocycles. The molecule has 2 rings (SSSR count). The van der Waals surface area contributed by atoms with Crippen molar-refractivity contribution >= 4 is 0 Å². The van der Waals surface area contributed by atoms with E-state index in [1.807, 2.05) is 20.8 Å². The number of rotatable bonds is 1. The van der Waals surface area contributed by atoms with Crippen LogP contribution in [0.15, 0.2) is 22.7 Å². The quantitative estimate of drug-likeness (QED) is 0.694. The Morgan fingerprint density at radius 2 is 1.94 bits per heavy atom. The van der Waals surface area contributed by atoms with Gasteiger partial charge in [-0.05, 0) is 12.1 Å². The molecule has 0 aliphatic carbocycles. The van der Waals surface area contributed by atoms with Crippen LogP contribution in [-0.4, -0.2) is 15.2 Å². The minimum absolute atomic E-state index is 0.196. The first-order valence-corrected chi connectivity index (χ1v) is 4.93. The zero-order valence-corrected chi connectivity index (χ0v) is 9.36. The molecule has 0 aliphatic heterocycles. The summed E-state index contributed by atoms with van der Waals surface area (Å²) in [6, 6.07) is 2.82. The normalized spacial score (nSPS) is 11.8. The van der Waals surface area contributed by atoms with Crippen LogP contribution >= 0.6 is 0 Å². The topological polar surface area (TPSA) is 51.8 Å². The van der Waals surface area contributed by atoms with Gasteiger partial charge in [0.25, 0.3) is 0 Å². The molecule has 2 aromatic rings. The Bertz CT molecular complexity index is 485. The number of aromatic nitrogens is 3. The first-order chi connectivity index (χ1) is 7.47. The largest absolute Gasteiger partial charge is 0.420 e. The molecule has 0 saturated carbocycles. The van der Waals surface area contributed by atoms with Gasteiger partial charge in [-0.15, -0.1) is 10.2 Å². The summed E-state index contributed by atoms with van der Waals surface area (Å²) in [5.74, 6) is 0.378. The fraction of sp³-hybridized carbons (Fsp3) is 0.364. The molecule has 84 valence electrons. The average Bonchev–Trinajstić information content (AvgIpc) is 2.67. The van der Waals surface area contributed by atoms with Gasteiger partial charge in [-0.3, -0.25) is 0 Å². The van der Waals surface area contributed by atoms with Gasteiger partial charge in [0.1, 0.15) is 0 Å². The van der Waals surface area contributed by atoms with Crippen molar-refractivity contribution in [3.05, 3.63) is 30.2 Å². The molecule has 0 amide bonds. The van der Waals surface area contributed by atoms with Crippen molar-refractivity contribution in [1.82, 2.24) is 15.2 Å². The van der Waals surface area contributed by atoms with E-state index in [9.17, 15) is 4.39 Å². The summed E-state index contributed by atoms with van der Waals surface area (Å²) in [6.07, 6.45) is 1.37. The van der Waals surface area contributed by atoms with Crippen LogP contribution in [0.2, 0.25) is 0 Å². The van der Waals surface area contributed by atoms with Crippen LogP contribution in [0.5, 0.6) is 0 Å². The molecule has 0 bridgehead atoms. The Morgan fingerprint density at radius 3 is 2.44 bits per heavy atom. The van der Waals surface area contributed by atoms with Crippen molar-refractivity contribution in [2.45, 2.75) is 26.2 Å². The molecule has 0 fully saturated rings. The van der Waals surface area contributed by atoms with E-state index in [4.69, 9.17) is 4.42 Å². The van der Waals surface area contributed by atoms with Crippen LogP contribution in [0.3, 0.4) is 0 Å². The summed E-state index contributed by atoms with van der Waals surface area (Å²) in [5.41, 5.74) is 0.419. The lowest BCUT2D eigenvalue weighted by Gasteiger charge is -2.10. The van der Waals surface area contributed by atoms with E-state index in [-0.39, 0.29) is 5.41 Å². The summed E-state index contributed by atoms with van der Waals surface area (Å²) in [5, 5.41) is 7.85. The Labute approximate surface area is 92.5 Å². The zero-order valence-electron chi connectivity index (χ0n) is 9.36. The smallest absolute Gasteiger partial charge is 0.249 e. The van der Waals surface area contributed by atoms with Crippen molar-refractivity contribution in [1.29, 1.82) is 0 Å². The van der Waals surface area contributed by atoms with Gasteiger partial charge in [-0.25, -0.2) is 4.98 Å². The lowest BCUT2D eigenvalue weighted by molar-refractivity contribution is 0.399. The predicted molar refractivity (Wildman–Crippen MR) is 56.2 cm³/mol. The fourth-order valence-electron chi connectivity index (χ4n) is 1.15. The third-order valence-electron chi connectivity index (χ3n) is 2.04. The van der Waals surface area contributed by atoms with Crippen LogP contribution in [0.1, 0.15) is 26.7 Å². The fourth-order valence-corrected chi connectivity index (χ4v) is 1.15. The highest BCUT2D eigenvalue weighted by molar-refractivity contribution is 5.50. The van der Waals surface area contributed by atoms with Gasteiger partial charge >= 0.3 is 0 Å².